The highest BCUT2D eigenvalue weighted by Crippen LogP contribution is 2.22. The molecule has 0 aromatic heterocycles. The molecule has 0 saturated heterocycles. The summed E-state index contributed by atoms with van der Waals surface area (Å²) in [7, 11) is 0. The van der Waals surface area contributed by atoms with Crippen LogP contribution in [-0.2, 0) is 0 Å². The minimum Gasteiger partial charge on any atom is -0.103 e. The first-order valence-electron chi connectivity index (χ1n) is 3.17. The molecule has 0 saturated carbocycles. The third-order valence-corrected chi connectivity index (χ3v) is 2.03. The molecule has 0 amide bonds. The molecule has 0 radical (unpaired) electrons. The van der Waals surface area contributed by atoms with Gasteiger partial charge in [0.1, 0.15) is 0 Å². The van der Waals surface area contributed by atoms with Crippen molar-refractivity contribution in [1.82, 2.24) is 0 Å². The molecule has 0 nitrogen and oxygen atoms in total. The molecule has 0 N–H and O–H groups in total. The Labute approximate surface area is 65.8 Å². The highest BCUT2D eigenvalue weighted by Gasteiger charge is 2.03. The van der Waals surface area contributed by atoms with E-state index >= 15 is 0 Å². The van der Waals surface area contributed by atoms with Gasteiger partial charge < -0.3 is 0 Å². The van der Waals surface area contributed by atoms with E-state index < -0.39 is 0 Å². The van der Waals surface area contributed by atoms with Crippen molar-refractivity contribution in [2.45, 2.75) is 19.8 Å². The van der Waals surface area contributed by atoms with Crippen LogP contribution in [0.25, 0.3) is 0 Å². The largest absolute Gasteiger partial charge is 0.103 e. The quantitative estimate of drug-likeness (QED) is 0.593. The molecule has 1 atom stereocenters. The van der Waals surface area contributed by atoms with Crippen molar-refractivity contribution in [2.24, 2.45) is 5.92 Å². The summed E-state index contributed by atoms with van der Waals surface area (Å²) < 4.78 is 1.09. The Morgan fingerprint density at radius 1 is 1.78 bits per heavy atom. The fourth-order valence-electron chi connectivity index (χ4n) is 0.717. The van der Waals surface area contributed by atoms with E-state index in [-0.39, 0.29) is 0 Å². The summed E-state index contributed by atoms with van der Waals surface area (Å²) in [6.07, 6.45) is 4.09. The van der Waals surface area contributed by atoms with Gasteiger partial charge >= 0.3 is 0 Å². The van der Waals surface area contributed by atoms with Gasteiger partial charge in [0.25, 0.3) is 0 Å². The van der Waals surface area contributed by atoms with Crippen LogP contribution in [0.2, 0.25) is 0 Å². The van der Waals surface area contributed by atoms with E-state index in [1.807, 2.05) is 6.08 Å². The Morgan fingerprint density at radius 2 is 2.33 bits per heavy atom. The van der Waals surface area contributed by atoms with Crippen molar-refractivity contribution in [2.75, 3.05) is 0 Å². The molecule has 0 aromatic carbocycles. The lowest BCUT2D eigenvalue weighted by Gasteiger charge is -2.08. The molecular formula is C8H13Br. The second kappa shape index (κ2) is 4.80. The van der Waals surface area contributed by atoms with Crippen LogP contribution in [0.5, 0.6) is 0 Å². The van der Waals surface area contributed by atoms with E-state index in [1.54, 1.807) is 0 Å². The topological polar surface area (TPSA) is 0 Å². The van der Waals surface area contributed by atoms with Crippen LogP contribution in [-0.4, -0.2) is 0 Å². The van der Waals surface area contributed by atoms with Gasteiger partial charge in [-0.2, -0.15) is 0 Å². The van der Waals surface area contributed by atoms with Crippen LogP contribution in [0.4, 0.5) is 0 Å². The molecule has 9 heavy (non-hydrogen) atoms. The van der Waals surface area contributed by atoms with Gasteiger partial charge in [0.05, 0.1) is 0 Å². The molecule has 0 aliphatic heterocycles. The Bertz CT molecular complexity index is 105. The molecule has 0 rings (SSSR count). The third kappa shape index (κ3) is 3.52. The molecular weight excluding hydrogens is 176 g/mol. The predicted octanol–water partition coefficient (Wildman–Crippen LogP) is 3.50. The highest BCUT2D eigenvalue weighted by molar-refractivity contribution is 9.11. The number of allylic oxidation sites excluding steroid dienone is 2. The van der Waals surface area contributed by atoms with Gasteiger partial charge in [-0.3, -0.25) is 0 Å². The molecule has 0 heterocycles. The van der Waals surface area contributed by atoms with Gasteiger partial charge in [0.15, 0.2) is 0 Å². The van der Waals surface area contributed by atoms with Crippen molar-refractivity contribution < 1.29 is 0 Å². The summed E-state index contributed by atoms with van der Waals surface area (Å²) in [6.45, 7) is 9.64. The smallest absolute Gasteiger partial charge is 0.00698 e. The van der Waals surface area contributed by atoms with Crippen molar-refractivity contribution in [3.05, 3.63) is 23.7 Å². The van der Waals surface area contributed by atoms with E-state index in [2.05, 4.69) is 36.0 Å². The van der Waals surface area contributed by atoms with Gasteiger partial charge in [0.2, 0.25) is 0 Å². The molecule has 52 valence electrons. The number of hydrogen-bond donors (Lipinski definition) is 0. The van der Waals surface area contributed by atoms with E-state index in [4.69, 9.17) is 0 Å². The van der Waals surface area contributed by atoms with Crippen LogP contribution in [0, 0.1) is 5.92 Å². The fraction of sp³-hybridized carbons (Fsp3) is 0.500. The van der Waals surface area contributed by atoms with Gasteiger partial charge in [-0.05, 0) is 23.2 Å². The molecule has 0 aromatic rings. The fourth-order valence-corrected chi connectivity index (χ4v) is 1.23. The minimum absolute atomic E-state index is 0.572. The van der Waals surface area contributed by atoms with Crippen molar-refractivity contribution >= 4 is 15.9 Å². The van der Waals surface area contributed by atoms with Crippen molar-refractivity contribution in [3.8, 4) is 0 Å². The van der Waals surface area contributed by atoms with Gasteiger partial charge in [-0.25, -0.2) is 0 Å². The van der Waals surface area contributed by atoms with E-state index in [9.17, 15) is 0 Å². The zero-order valence-electron chi connectivity index (χ0n) is 5.86. The first kappa shape index (κ1) is 8.96. The van der Waals surface area contributed by atoms with Crippen LogP contribution >= 0.6 is 15.9 Å². The molecule has 0 fully saturated rings. The highest BCUT2D eigenvalue weighted by atomic mass is 79.9. The monoisotopic (exact) mass is 188 g/mol. The second-order valence-corrected chi connectivity index (χ2v) is 3.09. The molecule has 1 heteroatoms. The van der Waals surface area contributed by atoms with Crippen LogP contribution in [0.15, 0.2) is 23.7 Å². The van der Waals surface area contributed by atoms with E-state index in [1.165, 1.54) is 0 Å². The van der Waals surface area contributed by atoms with Gasteiger partial charge in [0, 0.05) is 0 Å². The standard InChI is InChI=1S/C8H13Br/c1-4-6-8(5-2)7(3)9/h4,8H,1,3,5-6H2,2H3. The Hall–Kier alpha value is -0.0400. The molecule has 1 unspecified atom stereocenters. The van der Waals surface area contributed by atoms with Crippen LogP contribution in [0.3, 0.4) is 0 Å². The maximum absolute atomic E-state index is 3.81. The Morgan fingerprint density at radius 3 is 2.44 bits per heavy atom. The van der Waals surface area contributed by atoms with Crippen LogP contribution in [0.1, 0.15) is 19.8 Å². The predicted molar refractivity (Wildman–Crippen MR) is 46.7 cm³/mol. The molecule has 0 bridgehead atoms. The zero-order chi connectivity index (χ0) is 7.28. The summed E-state index contributed by atoms with van der Waals surface area (Å²) in [5.74, 6) is 0.572. The number of hydrogen-bond acceptors (Lipinski definition) is 0. The van der Waals surface area contributed by atoms with Crippen molar-refractivity contribution in [1.29, 1.82) is 0 Å². The summed E-state index contributed by atoms with van der Waals surface area (Å²) in [4.78, 5) is 0. The first-order chi connectivity index (χ1) is 4.22. The maximum atomic E-state index is 3.81. The van der Waals surface area contributed by atoms with Gasteiger partial charge in [-0.15, -0.1) is 6.58 Å². The van der Waals surface area contributed by atoms with Crippen molar-refractivity contribution in [3.63, 3.8) is 0 Å². The number of rotatable bonds is 4. The lowest BCUT2D eigenvalue weighted by molar-refractivity contribution is 0.633. The van der Waals surface area contributed by atoms with Crippen LogP contribution < -0.4 is 0 Å². The SMILES string of the molecule is C=CCC(CC)C(=C)Br. The molecule has 0 aliphatic carbocycles. The van der Waals surface area contributed by atoms with E-state index in [0.717, 1.165) is 17.3 Å². The summed E-state index contributed by atoms with van der Waals surface area (Å²) in [5.41, 5.74) is 0. The van der Waals surface area contributed by atoms with E-state index in [0.29, 0.717) is 5.92 Å². The third-order valence-electron chi connectivity index (χ3n) is 1.39. The Balaban J connectivity index is 3.67. The first-order valence-corrected chi connectivity index (χ1v) is 3.96. The summed E-state index contributed by atoms with van der Waals surface area (Å²) >= 11 is 3.36. The Kier molecular flexibility index (Phi) is 4.78. The average Bonchev–Trinajstić information content (AvgIpc) is 1.82. The zero-order valence-corrected chi connectivity index (χ0v) is 7.45. The van der Waals surface area contributed by atoms with Gasteiger partial charge in [-0.1, -0.05) is 35.5 Å². The molecule has 0 aliphatic rings. The minimum atomic E-state index is 0.572. The normalized spacial score (nSPS) is 12.7. The molecule has 0 spiro atoms. The lowest BCUT2D eigenvalue weighted by Crippen LogP contribution is -1.94. The maximum Gasteiger partial charge on any atom is -0.00698 e. The second-order valence-electron chi connectivity index (χ2n) is 2.08. The summed E-state index contributed by atoms with van der Waals surface area (Å²) in [5, 5.41) is 0. The lowest BCUT2D eigenvalue weighted by atomic mass is 10.0. The summed E-state index contributed by atoms with van der Waals surface area (Å²) in [6, 6.07) is 0. The number of halogens is 1. The average molecular weight is 189 g/mol.